The van der Waals surface area contributed by atoms with E-state index in [1.165, 1.54) is 12.8 Å². The van der Waals surface area contributed by atoms with Crippen molar-refractivity contribution in [3.63, 3.8) is 0 Å². The molecule has 2 heterocycles. The lowest BCUT2D eigenvalue weighted by Gasteiger charge is -2.32. The molecule has 6 nitrogen and oxygen atoms in total. The van der Waals surface area contributed by atoms with Crippen molar-refractivity contribution in [2.75, 3.05) is 11.9 Å². The highest BCUT2D eigenvalue weighted by Crippen LogP contribution is 2.41. The molecule has 2 aliphatic carbocycles. The van der Waals surface area contributed by atoms with Crippen molar-refractivity contribution >= 4 is 30.6 Å². The minimum Gasteiger partial charge on any atom is -0.359 e. The molecule has 0 amide bonds. The lowest BCUT2D eigenvalue weighted by molar-refractivity contribution is 0.344. The average molecular weight is 448 g/mol. The maximum Gasteiger partial charge on any atom is 0.156 e. The molecule has 3 aromatic rings. The van der Waals surface area contributed by atoms with Crippen molar-refractivity contribution in [3.8, 4) is 11.3 Å². The van der Waals surface area contributed by atoms with E-state index in [-0.39, 0.29) is 24.8 Å². The van der Waals surface area contributed by atoms with Gasteiger partial charge in [0.15, 0.2) is 5.76 Å². The predicted octanol–water partition coefficient (Wildman–Crippen LogP) is 4.69. The van der Waals surface area contributed by atoms with Gasteiger partial charge < -0.3 is 15.2 Å². The van der Waals surface area contributed by atoms with Crippen LogP contribution < -0.4 is 10.6 Å². The van der Waals surface area contributed by atoms with Gasteiger partial charge in [-0.05, 0) is 25.7 Å². The van der Waals surface area contributed by atoms with E-state index in [1.807, 2.05) is 43.4 Å². The van der Waals surface area contributed by atoms with Gasteiger partial charge in [0.1, 0.15) is 17.3 Å². The zero-order chi connectivity index (χ0) is 19.1. The van der Waals surface area contributed by atoms with E-state index in [1.54, 1.807) is 0 Å². The van der Waals surface area contributed by atoms with Crippen LogP contribution in [0.15, 0.2) is 47.0 Å². The first-order valence-corrected chi connectivity index (χ1v) is 10.0. The van der Waals surface area contributed by atoms with Crippen LogP contribution in [0.25, 0.3) is 11.3 Å². The van der Waals surface area contributed by atoms with E-state index in [4.69, 9.17) is 20.2 Å². The largest absolute Gasteiger partial charge is 0.359 e. The van der Waals surface area contributed by atoms with Gasteiger partial charge in [-0.15, -0.1) is 24.8 Å². The Morgan fingerprint density at radius 2 is 1.77 bits per heavy atom. The molecule has 0 radical (unpaired) electrons. The van der Waals surface area contributed by atoms with Gasteiger partial charge in [0.05, 0.1) is 6.54 Å². The minimum absolute atomic E-state index is 0. The first-order valence-electron chi connectivity index (χ1n) is 10.0. The number of nitrogens with two attached hydrogens (primary N) is 1. The Bertz CT molecular complexity index is 971. The number of rotatable bonds is 6. The quantitative estimate of drug-likeness (QED) is 0.589. The summed E-state index contributed by atoms with van der Waals surface area (Å²) in [6.45, 7) is 0.616. The van der Waals surface area contributed by atoms with Crippen molar-refractivity contribution in [1.82, 2.24) is 15.1 Å². The zero-order valence-electron chi connectivity index (χ0n) is 16.9. The van der Waals surface area contributed by atoms with Gasteiger partial charge >= 0.3 is 0 Å². The highest BCUT2D eigenvalue weighted by Gasteiger charge is 2.32. The minimum atomic E-state index is 0. The Hall–Kier alpha value is -2.15. The number of benzene rings is 1. The Labute approximate surface area is 189 Å². The molecule has 0 aliphatic heterocycles. The van der Waals surface area contributed by atoms with Gasteiger partial charge in [-0.1, -0.05) is 35.5 Å². The summed E-state index contributed by atoms with van der Waals surface area (Å²) in [6.07, 6.45) is 4.43. The van der Waals surface area contributed by atoms with Crippen LogP contribution in [0.5, 0.6) is 0 Å². The van der Waals surface area contributed by atoms with Crippen LogP contribution in [-0.2, 0) is 6.54 Å². The third-order valence-electron chi connectivity index (χ3n) is 5.70. The van der Waals surface area contributed by atoms with Crippen LogP contribution in [0.1, 0.15) is 54.8 Å². The van der Waals surface area contributed by atoms with Crippen LogP contribution in [0.4, 0.5) is 5.82 Å². The molecular weight excluding hydrogens is 421 g/mol. The summed E-state index contributed by atoms with van der Waals surface area (Å²) < 4.78 is 5.57. The van der Waals surface area contributed by atoms with E-state index < -0.39 is 0 Å². The molecule has 8 heteroatoms. The zero-order valence-corrected chi connectivity index (χ0v) is 18.5. The van der Waals surface area contributed by atoms with Gasteiger partial charge in [0.2, 0.25) is 0 Å². The van der Waals surface area contributed by atoms with Crippen molar-refractivity contribution in [3.05, 3.63) is 59.7 Å². The molecule has 2 N–H and O–H groups in total. The molecule has 2 aliphatic rings. The summed E-state index contributed by atoms with van der Waals surface area (Å²) in [5.74, 6) is 3.75. The van der Waals surface area contributed by atoms with Crippen LogP contribution in [0.3, 0.4) is 0 Å². The summed E-state index contributed by atoms with van der Waals surface area (Å²) in [5, 5.41) is 4.22. The van der Waals surface area contributed by atoms with E-state index in [0.717, 1.165) is 47.2 Å². The molecule has 2 fully saturated rings. The summed E-state index contributed by atoms with van der Waals surface area (Å²) in [6, 6.07) is 14.5. The number of anilines is 1. The van der Waals surface area contributed by atoms with Crippen molar-refractivity contribution in [2.24, 2.45) is 5.73 Å². The Balaban J connectivity index is 0.00000128. The second-order valence-corrected chi connectivity index (χ2v) is 8.11. The fraction of sp³-hybridized carbons (Fsp3) is 0.409. The van der Waals surface area contributed by atoms with Crippen LogP contribution >= 0.6 is 24.8 Å². The van der Waals surface area contributed by atoms with E-state index in [9.17, 15) is 0 Å². The first-order chi connectivity index (χ1) is 13.7. The van der Waals surface area contributed by atoms with E-state index in [0.29, 0.717) is 24.4 Å². The standard InChI is InChI=1S/C22H25N5O.2ClH/c1-27(13-18-11-20(26-28-18)14-5-3-2-4-6-14)21-12-19(16-9-17(23)10-16)24-22(25-21)15-7-8-15;;/h2-6,11-12,15-17H,7-10,13,23H2,1H3;2*1H. The van der Waals surface area contributed by atoms with Crippen LogP contribution in [0, 0.1) is 0 Å². The average Bonchev–Trinajstić information content (AvgIpc) is 3.45. The van der Waals surface area contributed by atoms with Crippen molar-refractivity contribution in [1.29, 1.82) is 0 Å². The monoisotopic (exact) mass is 447 g/mol. The molecule has 160 valence electrons. The molecule has 2 aromatic heterocycles. The molecule has 0 spiro atoms. The van der Waals surface area contributed by atoms with Gasteiger partial charge in [0.25, 0.3) is 0 Å². The SMILES string of the molecule is CN(Cc1cc(-c2ccccc2)no1)c1cc(C2CC(N)C2)nc(C2CC2)n1.Cl.Cl. The number of nitrogens with zero attached hydrogens (tertiary/aromatic N) is 4. The molecule has 30 heavy (non-hydrogen) atoms. The smallest absolute Gasteiger partial charge is 0.156 e. The van der Waals surface area contributed by atoms with Gasteiger partial charge in [0, 0.05) is 48.3 Å². The number of hydrogen-bond acceptors (Lipinski definition) is 6. The van der Waals surface area contributed by atoms with E-state index >= 15 is 0 Å². The second kappa shape index (κ2) is 9.33. The van der Waals surface area contributed by atoms with Gasteiger partial charge in [-0.25, -0.2) is 9.97 Å². The molecule has 2 saturated carbocycles. The Morgan fingerprint density at radius 1 is 1.03 bits per heavy atom. The second-order valence-electron chi connectivity index (χ2n) is 8.11. The summed E-state index contributed by atoms with van der Waals surface area (Å²) >= 11 is 0. The molecule has 0 unspecified atom stereocenters. The molecule has 1 aromatic carbocycles. The molecule has 5 rings (SSSR count). The fourth-order valence-corrected chi connectivity index (χ4v) is 3.75. The molecule has 0 bridgehead atoms. The molecular formula is C22H27Cl2N5O. The highest BCUT2D eigenvalue weighted by atomic mass is 35.5. The van der Waals surface area contributed by atoms with Gasteiger partial charge in [-0.3, -0.25) is 0 Å². The van der Waals surface area contributed by atoms with Crippen molar-refractivity contribution in [2.45, 2.75) is 50.1 Å². The topological polar surface area (TPSA) is 81.1 Å². The third kappa shape index (κ3) is 4.77. The maximum absolute atomic E-state index is 5.99. The maximum atomic E-state index is 5.99. The van der Waals surface area contributed by atoms with E-state index in [2.05, 4.69) is 16.1 Å². The van der Waals surface area contributed by atoms with Crippen LogP contribution in [-0.4, -0.2) is 28.2 Å². The van der Waals surface area contributed by atoms with Crippen LogP contribution in [0.2, 0.25) is 0 Å². The normalized spacial score (nSPS) is 19.9. The Morgan fingerprint density at radius 3 is 2.43 bits per heavy atom. The lowest BCUT2D eigenvalue weighted by Crippen LogP contribution is -2.35. The van der Waals surface area contributed by atoms with Crippen molar-refractivity contribution < 1.29 is 4.52 Å². The third-order valence-corrected chi connectivity index (χ3v) is 5.70. The number of hydrogen-bond donors (Lipinski definition) is 1. The first kappa shape index (κ1) is 22.5. The summed E-state index contributed by atoms with van der Waals surface area (Å²) in [5.41, 5.74) is 9.05. The predicted molar refractivity (Wildman–Crippen MR) is 122 cm³/mol. The summed E-state index contributed by atoms with van der Waals surface area (Å²) in [4.78, 5) is 11.8. The molecule has 0 atom stereocenters. The van der Waals surface area contributed by atoms with Gasteiger partial charge in [-0.2, -0.15) is 0 Å². The molecule has 0 saturated heterocycles. The summed E-state index contributed by atoms with van der Waals surface area (Å²) in [7, 11) is 2.04. The fourth-order valence-electron chi connectivity index (χ4n) is 3.75. The number of aromatic nitrogens is 3. The Kier molecular flexibility index (Phi) is 7.01. The lowest BCUT2D eigenvalue weighted by atomic mass is 9.78. The highest BCUT2D eigenvalue weighted by molar-refractivity contribution is 5.85. The number of halogens is 2.